The predicted octanol–water partition coefficient (Wildman–Crippen LogP) is 3.10. The van der Waals surface area contributed by atoms with Crippen LogP contribution in [0.1, 0.15) is 29.2 Å². The van der Waals surface area contributed by atoms with E-state index in [1.807, 2.05) is 55.5 Å². The van der Waals surface area contributed by atoms with Crippen LogP contribution in [0.2, 0.25) is 0 Å². The lowest BCUT2D eigenvalue weighted by Gasteiger charge is -1.98. The summed E-state index contributed by atoms with van der Waals surface area (Å²) < 4.78 is 0. The van der Waals surface area contributed by atoms with Crippen molar-refractivity contribution in [2.24, 2.45) is 0 Å². The third kappa shape index (κ3) is 4.43. The van der Waals surface area contributed by atoms with Gasteiger partial charge in [-0.3, -0.25) is 9.59 Å². The molecule has 21 heavy (non-hydrogen) atoms. The van der Waals surface area contributed by atoms with E-state index in [9.17, 15) is 9.59 Å². The molecule has 0 aliphatic carbocycles. The van der Waals surface area contributed by atoms with Crippen molar-refractivity contribution in [2.75, 3.05) is 0 Å². The number of carbonyl (C=O) groups excluding carboxylic acids is 2. The summed E-state index contributed by atoms with van der Waals surface area (Å²) >= 11 is 0. The first-order chi connectivity index (χ1) is 10.0. The van der Waals surface area contributed by atoms with Crippen LogP contribution in [0.15, 0.2) is 48.5 Å². The SMILES string of the molecule is CC(=O)C(=O)Cc1ccc(C#Cc2ccc(C)cc2)cc1. The number of carbonyl (C=O) groups is 2. The van der Waals surface area contributed by atoms with Gasteiger partial charge >= 0.3 is 0 Å². The zero-order valence-electron chi connectivity index (χ0n) is 12.1. The van der Waals surface area contributed by atoms with Crippen molar-refractivity contribution in [3.05, 3.63) is 70.8 Å². The van der Waals surface area contributed by atoms with Gasteiger partial charge < -0.3 is 0 Å². The molecule has 0 aromatic heterocycles. The van der Waals surface area contributed by atoms with Crippen LogP contribution in [0.3, 0.4) is 0 Å². The minimum Gasteiger partial charge on any atom is -0.291 e. The second kappa shape index (κ2) is 6.67. The Morgan fingerprint density at radius 1 is 0.857 bits per heavy atom. The molecule has 2 nitrogen and oxygen atoms in total. The molecule has 0 N–H and O–H groups in total. The lowest BCUT2D eigenvalue weighted by molar-refractivity contribution is -0.134. The quantitative estimate of drug-likeness (QED) is 0.637. The average Bonchev–Trinajstić information content (AvgIpc) is 2.48. The van der Waals surface area contributed by atoms with Gasteiger partial charge in [-0.2, -0.15) is 0 Å². The fourth-order valence-corrected chi connectivity index (χ4v) is 1.80. The highest BCUT2D eigenvalue weighted by Gasteiger charge is 2.08. The first-order valence-electron chi connectivity index (χ1n) is 6.76. The monoisotopic (exact) mass is 276 g/mol. The van der Waals surface area contributed by atoms with E-state index >= 15 is 0 Å². The molecule has 0 fully saturated rings. The maximum Gasteiger partial charge on any atom is 0.202 e. The van der Waals surface area contributed by atoms with Gasteiger partial charge in [0, 0.05) is 24.5 Å². The zero-order chi connectivity index (χ0) is 15.2. The fraction of sp³-hybridized carbons (Fsp3) is 0.158. The second-order valence-corrected chi connectivity index (χ2v) is 4.97. The predicted molar refractivity (Wildman–Crippen MR) is 83.0 cm³/mol. The molecule has 0 saturated carbocycles. The van der Waals surface area contributed by atoms with Crippen molar-refractivity contribution in [1.29, 1.82) is 0 Å². The molecular weight excluding hydrogens is 260 g/mol. The molecule has 0 saturated heterocycles. The Morgan fingerprint density at radius 2 is 1.33 bits per heavy atom. The van der Waals surface area contributed by atoms with Crippen LogP contribution in [0.4, 0.5) is 0 Å². The highest BCUT2D eigenvalue weighted by atomic mass is 16.2. The lowest BCUT2D eigenvalue weighted by Crippen LogP contribution is -2.12. The Balaban J connectivity index is 2.08. The smallest absolute Gasteiger partial charge is 0.202 e. The fourth-order valence-electron chi connectivity index (χ4n) is 1.80. The molecule has 0 radical (unpaired) electrons. The van der Waals surface area contributed by atoms with Crippen LogP contribution in [0.5, 0.6) is 0 Å². The van der Waals surface area contributed by atoms with Gasteiger partial charge in [0.05, 0.1) is 0 Å². The largest absolute Gasteiger partial charge is 0.291 e. The van der Waals surface area contributed by atoms with Gasteiger partial charge in [0.1, 0.15) is 0 Å². The standard InChI is InChI=1S/C19H16O2/c1-14-3-5-16(6-4-14)7-8-17-9-11-18(12-10-17)13-19(21)15(2)20/h3-6,9-12H,13H2,1-2H3. The van der Waals surface area contributed by atoms with Gasteiger partial charge in [-0.05, 0) is 36.8 Å². The summed E-state index contributed by atoms with van der Waals surface area (Å²) in [6.45, 7) is 3.34. The highest BCUT2D eigenvalue weighted by molar-refractivity contribution is 6.36. The Hall–Kier alpha value is -2.66. The van der Waals surface area contributed by atoms with E-state index in [1.54, 1.807) is 0 Å². The molecule has 0 atom stereocenters. The molecular formula is C19H16O2. The van der Waals surface area contributed by atoms with Gasteiger partial charge in [-0.15, -0.1) is 0 Å². The molecule has 2 aromatic rings. The van der Waals surface area contributed by atoms with Crippen molar-refractivity contribution in [2.45, 2.75) is 20.3 Å². The highest BCUT2D eigenvalue weighted by Crippen LogP contribution is 2.06. The molecule has 0 aliphatic rings. The number of Topliss-reactive ketones (excluding diaryl/α,β-unsaturated/α-hetero) is 2. The van der Waals surface area contributed by atoms with E-state index in [0.717, 1.165) is 16.7 Å². The zero-order valence-corrected chi connectivity index (χ0v) is 12.1. The van der Waals surface area contributed by atoms with Gasteiger partial charge in [0.2, 0.25) is 5.78 Å². The maximum atomic E-state index is 11.4. The maximum absolute atomic E-state index is 11.4. The number of hydrogen-bond acceptors (Lipinski definition) is 2. The molecule has 0 aliphatic heterocycles. The number of aryl methyl sites for hydroxylation is 1. The van der Waals surface area contributed by atoms with E-state index < -0.39 is 5.78 Å². The minimum atomic E-state index is -0.404. The van der Waals surface area contributed by atoms with Crippen LogP contribution in [-0.4, -0.2) is 11.6 Å². The summed E-state index contributed by atoms with van der Waals surface area (Å²) in [5.74, 6) is 5.41. The second-order valence-electron chi connectivity index (χ2n) is 4.97. The summed E-state index contributed by atoms with van der Waals surface area (Å²) in [4.78, 5) is 22.3. The first kappa shape index (κ1) is 14.7. The summed E-state index contributed by atoms with van der Waals surface area (Å²) in [6.07, 6.45) is 0.154. The van der Waals surface area contributed by atoms with Crippen molar-refractivity contribution >= 4 is 11.6 Å². The Kier molecular flexibility index (Phi) is 4.68. The van der Waals surface area contributed by atoms with E-state index in [0.29, 0.717) is 0 Å². The topological polar surface area (TPSA) is 34.1 Å². The van der Waals surface area contributed by atoms with E-state index in [1.165, 1.54) is 12.5 Å². The molecule has 2 heteroatoms. The number of benzene rings is 2. The average molecular weight is 276 g/mol. The van der Waals surface area contributed by atoms with E-state index in [2.05, 4.69) is 11.8 Å². The third-order valence-electron chi connectivity index (χ3n) is 3.11. The molecule has 0 unspecified atom stereocenters. The van der Waals surface area contributed by atoms with Gasteiger partial charge in [-0.1, -0.05) is 41.7 Å². The van der Waals surface area contributed by atoms with Gasteiger partial charge in [-0.25, -0.2) is 0 Å². The minimum absolute atomic E-state index is 0.154. The third-order valence-corrected chi connectivity index (χ3v) is 3.11. The number of hydrogen-bond donors (Lipinski definition) is 0. The molecule has 104 valence electrons. The van der Waals surface area contributed by atoms with Crippen LogP contribution >= 0.6 is 0 Å². The van der Waals surface area contributed by atoms with Crippen molar-refractivity contribution in [1.82, 2.24) is 0 Å². The van der Waals surface area contributed by atoms with Crippen LogP contribution in [0, 0.1) is 18.8 Å². The Labute approximate surface area is 124 Å². The normalized spacial score (nSPS) is 9.62. The molecule has 0 spiro atoms. The van der Waals surface area contributed by atoms with Crippen LogP contribution in [0.25, 0.3) is 0 Å². The summed E-state index contributed by atoms with van der Waals surface area (Å²) in [5, 5.41) is 0. The molecule has 0 bridgehead atoms. The summed E-state index contributed by atoms with van der Waals surface area (Å²) in [7, 11) is 0. The van der Waals surface area contributed by atoms with Crippen molar-refractivity contribution in [3.8, 4) is 11.8 Å². The number of ketones is 2. The Morgan fingerprint density at radius 3 is 1.81 bits per heavy atom. The summed E-state index contributed by atoms with van der Waals surface area (Å²) in [5.41, 5.74) is 3.89. The van der Waals surface area contributed by atoms with Crippen LogP contribution < -0.4 is 0 Å². The molecule has 0 heterocycles. The van der Waals surface area contributed by atoms with Gasteiger partial charge in [0.15, 0.2) is 5.78 Å². The molecule has 0 amide bonds. The Bertz CT molecular complexity index is 711. The van der Waals surface area contributed by atoms with Crippen molar-refractivity contribution in [3.63, 3.8) is 0 Å². The van der Waals surface area contributed by atoms with Crippen molar-refractivity contribution < 1.29 is 9.59 Å². The molecule has 2 aromatic carbocycles. The summed E-state index contributed by atoms with van der Waals surface area (Å²) in [6, 6.07) is 15.4. The lowest BCUT2D eigenvalue weighted by atomic mass is 10.0. The van der Waals surface area contributed by atoms with E-state index in [-0.39, 0.29) is 12.2 Å². The molecule has 2 rings (SSSR count). The van der Waals surface area contributed by atoms with Gasteiger partial charge in [0.25, 0.3) is 0 Å². The van der Waals surface area contributed by atoms with E-state index in [4.69, 9.17) is 0 Å². The first-order valence-corrected chi connectivity index (χ1v) is 6.76. The number of rotatable bonds is 3. The van der Waals surface area contributed by atoms with Crippen LogP contribution in [-0.2, 0) is 16.0 Å².